The monoisotopic (exact) mass is 252 g/mol. The van der Waals surface area contributed by atoms with Crippen molar-refractivity contribution in [2.45, 2.75) is 12.3 Å². The number of nitrogens with one attached hydrogen (secondary N) is 2. The molecule has 0 heterocycles. The molecule has 0 saturated heterocycles. The van der Waals surface area contributed by atoms with Gasteiger partial charge < -0.3 is 14.8 Å². The van der Waals surface area contributed by atoms with Crippen LogP contribution in [0.25, 0.3) is 0 Å². The third-order valence-corrected chi connectivity index (χ3v) is 1.76. The molecule has 0 aliphatic rings. The first-order valence-corrected chi connectivity index (χ1v) is 5.31. The molecule has 2 N–H and O–H groups in total. The van der Waals surface area contributed by atoms with Crippen LogP contribution in [0.15, 0.2) is 0 Å². The number of rotatable bonds is 7. The third kappa shape index (κ3) is 8.46. The predicted molar refractivity (Wildman–Crippen MR) is 59.6 cm³/mol. The lowest BCUT2D eigenvalue weighted by Gasteiger charge is -2.07. The molecule has 0 aromatic carbocycles. The number of carbonyl (C=O) groups excluding carboxylic acids is 2. The van der Waals surface area contributed by atoms with Crippen molar-refractivity contribution in [1.82, 2.24) is 10.6 Å². The zero-order valence-corrected chi connectivity index (χ0v) is 10.2. The van der Waals surface area contributed by atoms with Gasteiger partial charge in [0.15, 0.2) is 0 Å². The maximum Gasteiger partial charge on any atom is 0.321 e. The number of imide groups is 1. The second-order valence-corrected chi connectivity index (χ2v) is 3.62. The number of ether oxygens (including phenoxy) is 2. The second-order valence-electron chi connectivity index (χ2n) is 2.97. The number of methoxy groups -OCH3 is 1. The quantitative estimate of drug-likeness (QED) is 0.498. The van der Waals surface area contributed by atoms with Crippen molar-refractivity contribution in [3.8, 4) is 0 Å². The van der Waals surface area contributed by atoms with E-state index in [1.807, 2.05) is 0 Å². The van der Waals surface area contributed by atoms with Crippen molar-refractivity contribution < 1.29 is 19.1 Å². The standard InChI is InChI=1S/C9H17ClN2O4/c1-7(10)8(13)12-9(14)11-3-4-16-6-5-15-2/h7H,3-6H2,1-2H3,(H2,11,12,13,14). The van der Waals surface area contributed by atoms with Gasteiger partial charge in [-0.15, -0.1) is 11.6 Å². The summed E-state index contributed by atoms with van der Waals surface area (Å²) in [5.41, 5.74) is 0. The van der Waals surface area contributed by atoms with E-state index in [2.05, 4.69) is 10.6 Å². The van der Waals surface area contributed by atoms with Gasteiger partial charge in [0.2, 0.25) is 5.91 Å². The maximum atomic E-state index is 11.1. The zero-order valence-electron chi connectivity index (χ0n) is 9.42. The van der Waals surface area contributed by atoms with Crippen molar-refractivity contribution in [3.63, 3.8) is 0 Å². The van der Waals surface area contributed by atoms with Crippen LogP contribution in [-0.2, 0) is 14.3 Å². The number of hydrogen-bond acceptors (Lipinski definition) is 4. The van der Waals surface area contributed by atoms with E-state index in [0.717, 1.165) is 0 Å². The van der Waals surface area contributed by atoms with Crippen LogP contribution in [0.5, 0.6) is 0 Å². The highest BCUT2D eigenvalue weighted by molar-refractivity contribution is 6.31. The summed E-state index contributed by atoms with van der Waals surface area (Å²) < 4.78 is 9.86. The first-order valence-electron chi connectivity index (χ1n) is 4.87. The van der Waals surface area contributed by atoms with Gasteiger partial charge in [0.25, 0.3) is 0 Å². The van der Waals surface area contributed by atoms with E-state index in [9.17, 15) is 9.59 Å². The van der Waals surface area contributed by atoms with Gasteiger partial charge in [-0.1, -0.05) is 0 Å². The number of carbonyl (C=O) groups is 2. The minimum Gasteiger partial charge on any atom is -0.382 e. The van der Waals surface area contributed by atoms with Crippen molar-refractivity contribution in [2.24, 2.45) is 0 Å². The Morgan fingerprint density at radius 3 is 2.56 bits per heavy atom. The summed E-state index contributed by atoms with van der Waals surface area (Å²) in [6.45, 7) is 3.14. The molecule has 0 aromatic rings. The molecule has 0 aliphatic heterocycles. The van der Waals surface area contributed by atoms with E-state index < -0.39 is 17.3 Å². The van der Waals surface area contributed by atoms with Gasteiger partial charge in [0, 0.05) is 13.7 Å². The van der Waals surface area contributed by atoms with Crippen LogP contribution in [0.3, 0.4) is 0 Å². The summed E-state index contributed by atoms with van der Waals surface area (Å²) in [7, 11) is 1.58. The van der Waals surface area contributed by atoms with Crippen molar-refractivity contribution in [2.75, 3.05) is 33.5 Å². The predicted octanol–water partition coefficient (Wildman–Crippen LogP) is 0.103. The summed E-state index contributed by atoms with van der Waals surface area (Å²) >= 11 is 5.46. The van der Waals surface area contributed by atoms with E-state index >= 15 is 0 Å². The van der Waals surface area contributed by atoms with Gasteiger partial charge in [0.1, 0.15) is 5.38 Å². The molecule has 0 fully saturated rings. The Labute approximate surface area is 99.6 Å². The minimum absolute atomic E-state index is 0.319. The van der Waals surface area contributed by atoms with E-state index in [1.54, 1.807) is 7.11 Å². The van der Waals surface area contributed by atoms with Crippen molar-refractivity contribution in [1.29, 1.82) is 0 Å². The Kier molecular flexibility index (Phi) is 8.88. The summed E-state index contributed by atoms with van der Waals surface area (Å²) in [6, 6.07) is -0.576. The molecule has 16 heavy (non-hydrogen) atoms. The van der Waals surface area contributed by atoms with Crippen LogP contribution in [0, 0.1) is 0 Å². The molecule has 0 bridgehead atoms. The van der Waals surface area contributed by atoms with E-state index in [4.69, 9.17) is 21.1 Å². The average molecular weight is 253 g/mol. The molecule has 0 radical (unpaired) electrons. The van der Waals surface area contributed by atoms with Gasteiger partial charge in [0.05, 0.1) is 19.8 Å². The Balaban J connectivity index is 3.41. The highest BCUT2D eigenvalue weighted by Crippen LogP contribution is 1.91. The highest BCUT2D eigenvalue weighted by atomic mass is 35.5. The number of hydrogen-bond donors (Lipinski definition) is 2. The Morgan fingerprint density at radius 2 is 2.00 bits per heavy atom. The van der Waals surface area contributed by atoms with Crippen LogP contribution in [-0.4, -0.2) is 50.8 Å². The molecule has 0 rings (SSSR count). The molecule has 6 nitrogen and oxygen atoms in total. The van der Waals surface area contributed by atoms with Gasteiger partial charge in [-0.2, -0.15) is 0 Å². The average Bonchev–Trinajstić information content (AvgIpc) is 2.23. The summed E-state index contributed by atoms with van der Waals surface area (Å²) in [4.78, 5) is 22.0. The largest absolute Gasteiger partial charge is 0.382 e. The van der Waals surface area contributed by atoms with E-state index in [-0.39, 0.29) is 0 Å². The molecule has 0 saturated carbocycles. The second kappa shape index (κ2) is 9.38. The van der Waals surface area contributed by atoms with Gasteiger partial charge in [-0.05, 0) is 6.92 Å². The fourth-order valence-electron chi connectivity index (χ4n) is 0.737. The highest BCUT2D eigenvalue weighted by Gasteiger charge is 2.11. The van der Waals surface area contributed by atoms with E-state index in [1.165, 1.54) is 6.92 Å². The molecule has 0 aliphatic carbocycles. The van der Waals surface area contributed by atoms with Gasteiger partial charge >= 0.3 is 6.03 Å². The lowest BCUT2D eigenvalue weighted by Crippen LogP contribution is -2.43. The van der Waals surface area contributed by atoms with Crippen molar-refractivity contribution >= 4 is 23.5 Å². The molecule has 1 unspecified atom stereocenters. The lowest BCUT2D eigenvalue weighted by molar-refractivity contribution is -0.119. The van der Waals surface area contributed by atoms with Gasteiger partial charge in [-0.3, -0.25) is 10.1 Å². The SMILES string of the molecule is COCCOCCNC(=O)NC(=O)C(C)Cl. The van der Waals surface area contributed by atoms with E-state index in [0.29, 0.717) is 26.4 Å². The Morgan fingerprint density at radius 1 is 1.31 bits per heavy atom. The normalized spacial score (nSPS) is 11.9. The summed E-state index contributed by atoms with van der Waals surface area (Å²) in [5.74, 6) is -0.528. The molecule has 7 heteroatoms. The summed E-state index contributed by atoms with van der Waals surface area (Å²) in [5, 5.41) is 3.80. The van der Waals surface area contributed by atoms with Crippen LogP contribution in [0.2, 0.25) is 0 Å². The fraction of sp³-hybridized carbons (Fsp3) is 0.778. The van der Waals surface area contributed by atoms with Gasteiger partial charge in [-0.25, -0.2) is 4.79 Å². The maximum absolute atomic E-state index is 11.1. The third-order valence-electron chi connectivity index (χ3n) is 1.56. The molecule has 3 amide bonds. The molecule has 0 aromatic heterocycles. The number of alkyl halides is 1. The molecular formula is C9H17ClN2O4. The molecule has 94 valence electrons. The molecular weight excluding hydrogens is 236 g/mol. The van der Waals surface area contributed by atoms with Crippen LogP contribution in [0.4, 0.5) is 4.79 Å². The number of urea groups is 1. The number of halogens is 1. The minimum atomic E-state index is -0.733. The van der Waals surface area contributed by atoms with Crippen LogP contribution < -0.4 is 10.6 Å². The molecule has 0 spiro atoms. The van der Waals surface area contributed by atoms with Crippen molar-refractivity contribution in [3.05, 3.63) is 0 Å². The zero-order chi connectivity index (χ0) is 12.4. The smallest absolute Gasteiger partial charge is 0.321 e. The van der Waals surface area contributed by atoms with Crippen LogP contribution >= 0.6 is 11.6 Å². The summed E-state index contributed by atoms with van der Waals surface area (Å²) in [6.07, 6.45) is 0. The molecule has 1 atom stereocenters. The van der Waals surface area contributed by atoms with Crippen LogP contribution in [0.1, 0.15) is 6.92 Å². The lowest BCUT2D eigenvalue weighted by atomic mass is 10.4. The first kappa shape index (κ1) is 15.2. The first-order chi connectivity index (χ1) is 7.57. The topological polar surface area (TPSA) is 76.7 Å². The Hall–Kier alpha value is -0.850. The fourth-order valence-corrected chi connectivity index (χ4v) is 0.791. The number of amides is 3. The Bertz CT molecular complexity index is 224.